The molecule has 0 unspecified atom stereocenters. The van der Waals surface area contributed by atoms with Gasteiger partial charge in [-0.2, -0.15) is 0 Å². The van der Waals surface area contributed by atoms with Gasteiger partial charge in [0.05, 0.1) is 48.4 Å². The number of aryl methyl sites for hydroxylation is 2. The Labute approximate surface area is 542 Å². The minimum atomic E-state index is -0.895. The summed E-state index contributed by atoms with van der Waals surface area (Å²) >= 11 is 0. The molecule has 2 aliphatic carbocycles. The first kappa shape index (κ1) is 69.8. The molecule has 4 fully saturated rings. The molecule has 88 heavy (non-hydrogen) atoms. The van der Waals surface area contributed by atoms with Crippen molar-refractivity contribution in [3.05, 3.63) is 47.8 Å². The molecular formula is C66H90N8O12V2-2. The number of hydrogen-bond acceptors (Lipinski definition) is 16. The zero-order valence-corrected chi connectivity index (χ0v) is 55.8. The summed E-state index contributed by atoms with van der Waals surface area (Å²) in [7, 11) is 0. The summed E-state index contributed by atoms with van der Waals surface area (Å²) in [5.41, 5.74) is 3.15. The number of amides is 4. The molecule has 2 radical (unpaired) electrons. The van der Waals surface area contributed by atoms with Crippen LogP contribution in [0.2, 0.25) is 0 Å². The molecule has 4 aromatic rings. The number of rotatable bonds is 8. The monoisotopic (exact) mass is 1290 g/mol. The second-order valence-electron chi connectivity index (χ2n) is 26.3. The average molecular weight is 1290 g/mol. The molecule has 2 saturated heterocycles. The van der Waals surface area contributed by atoms with Crippen LogP contribution in [-0.2, 0) is 78.6 Å². The molecule has 22 heteroatoms. The minimum Gasteiger partial charge on any atom is -0.540 e. The number of fused-ring (bicyclic) bond motifs is 10. The van der Waals surface area contributed by atoms with Crippen molar-refractivity contribution in [3.8, 4) is 23.3 Å². The van der Waals surface area contributed by atoms with Crippen LogP contribution in [0.15, 0.2) is 36.4 Å². The van der Waals surface area contributed by atoms with Crippen molar-refractivity contribution in [1.82, 2.24) is 40.4 Å². The van der Waals surface area contributed by atoms with Crippen molar-refractivity contribution in [1.29, 1.82) is 0 Å². The Hall–Kier alpha value is -5.69. The predicted octanol–water partition coefficient (Wildman–Crippen LogP) is 10.3. The number of carbonyl (C=O) groups excluding carboxylic acids is 6. The summed E-state index contributed by atoms with van der Waals surface area (Å²) in [6.07, 6.45) is 15.9. The van der Waals surface area contributed by atoms with Crippen LogP contribution >= 0.6 is 0 Å². The molecule has 2 saturated carbocycles. The first-order valence-corrected chi connectivity index (χ1v) is 31.8. The maximum absolute atomic E-state index is 14.1. The van der Waals surface area contributed by atoms with Gasteiger partial charge in [-0.1, -0.05) is 106 Å². The fraction of sp³-hybridized carbons (Fsp3) is 0.667. The summed E-state index contributed by atoms with van der Waals surface area (Å²) in [6.45, 7) is 20.6. The zero-order valence-electron chi connectivity index (χ0n) is 53.0. The third kappa shape index (κ3) is 16.6. The Balaban J connectivity index is 0.000000246. The first-order valence-electron chi connectivity index (χ1n) is 31.8. The largest absolute Gasteiger partial charge is 0.540 e. The van der Waals surface area contributed by atoms with Gasteiger partial charge in [0.25, 0.3) is 0 Å². The van der Waals surface area contributed by atoms with E-state index in [1.54, 1.807) is 0 Å². The first-order chi connectivity index (χ1) is 41.2. The Morgan fingerprint density at radius 1 is 0.523 bits per heavy atom. The van der Waals surface area contributed by atoms with Crippen LogP contribution in [0.1, 0.15) is 171 Å². The molecule has 12 atom stereocenters. The van der Waals surface area contributed by atoms with Crippen molar-refractivity contribution in [2.75, 3.05) is 26.3 Å². The molecule has 4 aliphatic heterocycles. The van der Waals surface area contributed by atoms with Gasteiger partial charge in [-0.15, -0.1) is 0 Å². The van der Waals surface area contributed by atoms with Crippen molar-refractivity contribution in [2.24, 2.45) is 34.5 Å². The predicted molar refractivity (Wildman–Crippen MR) is 323 cm³/mol. The average Bonchev–Trinajstić information content (AvgIpc) is 1.96. The maximum Gasteiger partial charge on any atom is 0.408 e. The van der Waals surface area contributed by atoms with Gasteiger partial charge in [0, 0.05) is 49.2 Å². The van der Waals surface area contributed by atoms with E-state index in [0.29, 0.717) is 85.0 Å². The second kappa shape index (κ2) is 30.9. The minimum absolute atomic E-state index is 0. The van der Waals surface area contributed by atoms with E-state index in [2.05, 4.69) is 23.2 Å². The zero-order chi connectivity index (χ0) is 61.5. The van der Waals surface area contributed by atoms with Gasteiger partial charge >= 0.3 is 12.2 Å². The number of hydrogen-bond donors (Lipinski definition) is 2. The fourth-order valence-electron chi connectivity index (χ4n) is 13.3. The third-order valence-corrected chi connectivity index (χ3v) is 18.1. The number of carbonyl (C=O) groups is 4. The molecule has 0 spiro atoms. The van der Waals surface area contributed by atoms with Crippen LogP contribution in [0.4, 0.5) is 9.59 Å². The Morgan fingerprint density at radius 3 is 1.38 bits per heavy atom. The van der Waals surface area contributed by atoms with E-state index in [4.69, 9.17) is 48.4 Å². The van der Waals surface area contributed by atoms with Gasteiger partial charge in [0.1, 0.15) is 59.4 Å². The van der Waals surface area contributed by atoms with Gasteiger partial charge in [-0.05, 0) is 137 Å². The Bertz CT molecular complexity index is 3070. The summed E-state index contributed by atoms with van der Waals surface area (Å²) in [4.78, 5) is 102. The second-order valence-corrected chi connectivity index (χ2v) is 26.3. The maximum atomic E-state index is 14.1. The number of ether oxygens (including phenoxy) is 6. The Morgan fingerprint density at radius 2 is 0.955 bits per heavy atom. The van der Waals surface area contributed by atoms with Crippen LogP contribution in [0.3, 0.4) is 0 Å². The quantitative estimate of drug-likeness (QED) is 0.156. The van der Waals surface area contributed by atoms with E-state index < -0.39 is 59.4 Å². The number of nitrogens with one attached hydrogen (secondary N) is 2. The van der Waals surface area contributed by atoms with Crippen molar-refractivity contribution in [3.63, 3.8) is 0 Å². The smallest absolute Gasteiger partial charge is 0.408 e. The molecule has 2 aromatic carbocycles. The molecule has 2 N–H and O–H groups in total. The molecule has 2 aromatic heterocycles. The molecule has 4 bridgehead atoms. The van der Waals surface area contributed by atoms with Crippen LogP contribution in [-0.4, -0.2) is 141 Å². The normalized spacial score (nSPS) is 28.1. The van der Waals surface area contributed by atoms with Crippen LogP contribution < -0.4 is 29.6 Å². The van der Waals surface area contributed by atoms with Crippen molar-refractivity contribution >= 4 is 58.6 Å². The molecule has 10 rings (SSSR count). The van der Waals surface area contributed by atoms with Crippen LogP contribution in [0, 0.1) is 34.5 Å². The van der Waals surface area contributed by atoms with E-state index in [-0.39, 0.29) is 86.1 Å². The molecule has 4 amide bonds. The molecule has 478 valence electrons. The molecule has 20 nitrogen and oxygen atoms in total. The topological polar surface area (TPSA) is 240 Å². The van der Waals surface area contributed by atoms with E-state index in [9.17, 15) is 28.8 Å². The molecule has 6 aliphatic rings. The van der Waals surface area contributed by atoms with E-state index >= 15 is 0 Å². The van der Waals surface area contributed by atoms with E-state index in [1.807, 2.05) is 106 Å². The number of aromatic nitrogens is 4. The molecular weight excluding hydrogens is 1200 g/mol. The van der Waals surface area contributed by atoms with Crippen molar-refractivity contribution in [2.45, 2.75) is 221 Å². The Kier molecular flexibility index (Phi) is 24.5. The summed E-state index contributed by atoms with van der Waals surface area (Å²) < 4.78 is 36.2. The molecule has 6 heterocycles. The third-order valence-electron chi connectivity index (χ3n) is 18.1. The number of benzene rings is 2. The van der Waals surface area contributed by atoms with Crippen LogP contribution in [0.5, 0.6) is 23.3 Å². The van der Waals surface area contributed by atoms with E-state index in [0.717, 1.165) is 99.5 Å². The number of nitrogens with zero attached hydrogens (tertiary/aromatic N) is 6. The van der Waals surface area contributed by atoms with Gasteiger partial charge in [0.15, 0.2) is 0 Å². The van der Waals surface area contributed by atoms with Gasteiger partial charge in [-0.3, -0.25) is 9.59 Å². The van der Waals surface area contributed by atoms with Gasteiger partial charge < -0.3 is 58.4 Å². The van der Waals surface area contributed by atoms with Crippen molar-refractivity contribution < 1.29 is 94.3 Å². The number of alkyl carbamates (subject to hydrolysis) is 2. The standard InChI is InChI=1S/C34H47N4O6.C32H43N4O6.2V/c1-6-23-27(20-39)38-19-29(23)43-31-25(35-24-17-16-22(42-7-2)18-26(24)36-31)14-10-8-9-12-21-13-11-15-28(21)44-33(41)37-30(32(38)40)34(3,4)5;1-6-21-25(18-37)36-17-27(21)41-29-23(33-22-14-13-20(40-7-2)16-24(22)34-29)12-10-8-9-11-19-15-26(19)42-31(39)35-28(30(36)38)32(3,4)5;;/h16-18,21,23,27-30H,6-15,19H2,1-5H3,(H,37,41);13-14,16,19,21,25-28H,6-12,15,17H2,1-5H3,(H,35,39);;/q2*-1;;/t21-,23+,27-,28-,29+,30-;19-,21+,25-,26-,27+,28-;;/m11../s1. The summed E-state index contributed by atoms with van der Waals surface area (Å²) in [5, 5.41) is 5.70. The summed E-state index contributed by atoms with van der Waals surface area (Å²) in [5.74, 6) is 1.63. The van der Waals surface area contributed by atoms with Gasteiger partial charge in [0.2, 0.25) is 23.6 Å². The summed E-state index contributed by atoms with van der Waals surface area (Å²) in [6, 6.07) is 7.93. The SMILES string of the molecule is CCOc1ccc2nc3c(nc2c1)O[C@H]1CN(C(=O)[C@H](C(C)(C)C)NC(=O)O[C@@H]2CCC[C@H]2CCCCC3)[C@H]([C-]=O)[C@@H]1CC.CCOc1ccc2nc3c(nc2c1)O[C@H]1CN(C(=O)[C@H](C(C)(C)C)NC(=O)O[C@@H]2C[C@H]2CCCCC3)[C@H]([C-]=O)[C@@H]1CC.[V].[V]. The van der Waals surface area contributed by atoms with E-state index in [1.165, 1.54) is 9.80 Å². The van der Waals surface area contributed by atoms with Gasteiger partial charge in [-0.25, -0.2) is 42.1 Å². The fourth-order valence-corrected chi connectivity index (χ4v) is 13.3. The van der Waals surface area contributed by atoms with Crippen LogP contribution in [0.25, 0.3) is 22.1 Å².